The van der Waals surface area contributed by atoms with Crippen molar-refractivity contribution in [1.29, 1.82) is 0 Å². The van der Waals surface area contributed by atoms with Crippen molar-refractivity contribution in [2.45, 2.75) is 49.6 Å². The first-order valence-corrected chi connectivity index (χ1v) is 14.9. The van der Waals surface area contributed by atoms with Gasteiger partial charge in [0.15, 0.2) is 0 Å². The molecule has 4 heterocycles. The molecule has 0 aliphatic carbocycles. The molecule has 0 saturated carbocycles. The van der Waals surface area contributed by atoms with Gasteiger partial charge in [0.2, 0.25) is 0 Å². The van der Waals surface area contributed by atoms with E-state index < -0.39 is 45.4 Å². The average molecular weight is 687 g/mol. The van der Waals surface area contributed by atoms with Gasteiger partial charge in [0.25, 0.3) is 11.1 Å². The summed E-state index contributed by atoms with van der Waals surface area (Å²) in [5.74, 6) is -2.51. The molecule has 2 aromatic carbocycles. The van der Waals surface area contributed by atoms with E-state index in [1.54, 1.807) is 0 Å². The molecule has 0 bridgehead atoms. The minimum Gasteiger partial charge on any atom is -0.453 e. The fourth-order valence-electron chi connectivity index (χ4n) is 5.85. The first-order valence-electron chi connectivity index (χ1n) is 14.2. The summed E-state index contributed by atoms with van der Waals surface area (Å²) in [7, 11) is 1.24. The Morgan fingerprint density at radius 2 is 1.30 bits per heavy atom. The highest BCUT2D eigenvalue weighted by molar-refractivity contribution is 6.31. The summed E-state index contributed by atoms with van der Waals surface area (Å²) in [5, 5.41) is 6.59. The van der Waals surface area contributed by atoms with Crippen LogP contribution in [0.4, 0.5) is 22.4 Å². The molecule has 4 aromatic rings. The predicted octanol–water partition coefficient (Wildman–Crippen LogP) is 6.69. The molecule has 10 nitrogen and oxygen atoms in total. The van der Waals surface area contributed by atoms with Crippen molar-refractivity contribution >= 4 is 29.3 Å². The van der Waals surface area contributed by atoms with Crippen molar-refractivity contribution in [3.63, 3.8) is 0 Å². The van der Waals surface area contributed by atoms with Gasteiger partial charge in [-0.15, -0.1) is 0 Å². The molecule has 2 aliphatic rings. The highest BCUT2D eigenvalue weighted by Crippen LogP contribution is 2.40. The molecule has 0 spiro atoms. The number of nitrogens with one attached hydrogen (secondary N) is 3. The maximum Gasteiger partial charge on any atom is 0.409 e. The SMILES string of the molecule is COC(=O)N1CC[C@H](c2cc(=O)[nH]o2)C[C@@H]1c1cc(F)c(Cl)c(F)c1.O=c1cc([C@H]2CCN[C@@H](c3cc(F)c(Cl)c(F)c3)C2)o[nH]1. The van der Waals surface area contributed by atoms with Gasteiger partial charge in [0.05, 0.1) is 13.2 Å². The number of benzene rings is 2. The second kappa shape index (κ2) is 14.2. The smallest absolute Gasteiger partial charge is 0.409 e. The molecular weight excluding hydrogens is 659 g/mol. The van der Waals surface area contributed by atoms with Crippen LogP contribution in [0.5, 0.6) is 0 Å². The fraction of sp³-hybridized carbons (Fsp3) is 0.367. The number of H-pyrrole nitrogens is 2. The zero-order chi connectivity index (χ0) is 33.1. The van der Waals surface area contributed by atoms with Crippen molar-refractivity contribution in [1.82, 2.24) is 20.5 Å². The van der Waals surface area contributed by atoms with Crippen LogP contribution in [0.15, 0.2) is 55.0 Å². The van der Waals surface area contributed by atoms with Crippen LogP contribution in [0, 0.1) is 23.3 Å². The largest absolute Gasteiger partial charge is 0.453 e. The summed E-state index contributed by atoms with van der Waals surface area (Å²) >= 11 is 11.0. The number of carbonyl (C=O) groups excluding carboxylic acids is 1. The number of methoxy groups -OCH3 is 1. The molecule has 2 aromatic heterocycles. The van der Waals surface area contributed by atoms with Gasteiger partial charge in [0, 0.05) is 36.6 Å². The lowest BCUT2D eigenvalue weighted by molar-refractivity contribution is 0.0813. The summed E-state index contributed by atoms with van der Waals surface area (Å²) in [6.45, 7) is 0.943. The van der Waals surface area contributed by atoms with Gasteiger partial charge in [0.1, 0.15) is 44.8 Å². The first kappa shape index (κ1) is 33.4. The Morgan fingerprint density at radius 3 is 1.78 bits per heavy atom. The number of hydrogen-bond acceptors (Lipinski definition) is 7. The van der Waals surface area contributed by atoms with Gasteiger partial charge in [-0.3, -0.25) is 9.59 Å². The maximum atomic E-state index is 13.9. The number of amides is 1. The van der Waals surface area contributed by atoms with E-state index in [0.717, 1.165) is 18.6 Å². The third kappa shape index (κ3) is 7.34. The highest BCUT2D eigenvalue weighted by atomic mass is 35.5. The van der Waals surface area contributed by atoms with E-state index >= 15 is 0 Å². The number of aromatic amines is 2. The molecule has 2 fully saturated rings. The first-order chi connectivity index (χ1) is 21.9. The van der Waals surface area contributed by atoms with Gasteiger partial charge in [-0.05, 0) is 67.6 Å². The zero-order valence-electron chi connectivity index (χ0n) is 24.2. The molecule has 0 unspecified atom stereocenters. The zero-order valence-corrected chi connectivity index (χ0v) is 25.7. The van der Waals surface area contributed by atoms with Gasteiger partial charge >= 0.3 is 6.09 Å². The minimum absolute atomic E-state index is 0.0250. The number of halogens is 6. The van der Waals surface area contributed by atoms with E-state index in [1.807, 2.05) is 0 Å². The maximum absolute atomic E-state index is 13.9. The van der Waals surface area contributed by atoms with Crippen LogP contribution in [0.3, 0.4) is 0 Å². The van der Waals surface area contributed by atoms with E-state index in [-0.39, 0.29) is 41.1 Å². The van der Waals surface area contributed by atoms with E-state index in [4.69, 9.17) is 37.0 Å². The van der Waals surface area contributed by atoms with Crippen LogP contribution in [0.1, 0.15) is 72.3 Å². The quantitative estimate of drug-likeness (QED) is 0.161. The normalized spacial score (nSPS) is 21.4. The number of carbonyl (C=O) groups is 1. The fourth-order valence-corrected chi connectivity index (χ4v) is 6.06. The molecule has 1 amide bonds. The third-order valence-electron chi connectivity index (χ3n) is 8.11. The Morgan fingerprint density at radius 1 is 0.804 bits per heavy atom. The minimum atomic E-state index is -0.906. The Hall–Kier alpha value is -4.01. The van der Waals surface area contributed by atoms with Crippen LogP contribution < -0.4 is 16.4 Å². The summed E-state index contributed by atoms with van der Waals surface area (Å²) < 4.78 is 69.8. The molecule has 3 N–H and O–H groups in total. The average Bonchev–Trinajstić information content (AvgIpc) is 3.69. The summed E-state index contributed by atoms with van der Waals surface area (Å²) in [6, 6.07) is 6.55. The summed E-state index contributed by atoms with van der Waals surface area (Å²) in [6.07, 6.45) is 1.60. The number of rotatable bonds is 4. The van der Waals surface area contributed by atoms with Crippen LogP contribution in [0.2, 0.25) is 10.0 Å². The van der Waals surface area contributed by atoms with E-state index in [0.29, 0.717) is 42.9 Å². The number of aromatic nitrogens is 2. The molecule has 0 radical (unpaired) electrons. The van der Waals surface area contributed by atoms with Crippen molar-refractivity contribution in [2.24, 2.45) is 0 Å². The molecule has 2 aliphatic heterocycles. The Bertz CT molecular complexity index is 1780. The van der Waals surface area contributed by atoms with Crippen LogP contribution in [0.25, 0.3) is 0 Å². The number of nitrogens with zero attached hydrogens (tertiary/aromatic N) is 1. The summed E-state index contributed by atoms with van der Waals surface area (Å²) in [5.41, 5.74) is 0.0959. The number of likely N-dealkylation sites (tertiary alicyclic amines) is 1. The van der Waals surface area contributed by atoms with Crippen LogP contribution in [-0.4, -0.2) is 41.5 Å². The third-order valence-corrected chi connectivity index (χ3v) is 8.83. The molecule has 16 heteroatoms. The van der Waals surface area contributed by atoms with Crippen LogP contribution in [-0.2, 0) is 4.74 Å². The lowest BCUT2D eigenvalue weighted by atomic mass is 9.86. The van der Waals surface area contributed by atoms with Crippen LogP contribution >= 0.6 is 23.2 Å². The lowest BCUT2D eigenvalue weighted by Crippen LogP contribution is -2.40. The van der Waals surface area contributed by atoms with Crippen molar-refractivity contribution in [2.75, 3.05) is 20.2 Å². The topological polar surface area (TPSA) is 134 Å². The standard InChI is InChI=1S/C16H15ClF2N2O4.C14H13ClF2N2O2/c1-24-16(23)21-3-2-8(13-7-14(22)20-25-13)6-12(21)9-4-10(18)15(17)11(19)5-9;15-14-9(16)3-8(4-10(14)17)11-5-7(1-2-18-11)12-6-13(20)19-21-12/h4-5,7-8,12H,2-3,6H2,1H3,(H,20,22);3-4,6-7,11,18H,1-2,5H2,(H,19,20)/t8-,12+;7-,11+/m00/s1. The van der Waals surface area contributed by atoms with Crippen molar-refractivity contribution in [3.05, 3.63) is 113 Å². The number of piperidine rings is 2. The van der Waals surface area contributed by atoms with Gasteiger partial charge < -0.3 is 24.0 Å². The second-order valence-corrected chi connectivity index (χ2v) is 11.7. The van der Waals surface area contributed by atoms with E-state index in [9.17, 15) is 31.9 Å². The second-order valence-electron chi connectivity index (χ2n) is 11.0. The van der Waals surface area contributed by atoms with Gasteiger partial charge in [-0.2, -0.15) is 10.3 Å². The Balaban J connectivity index is 0.000000184. The number of ether oxygens (including phenoxy) is 1. The Kier molecular flexibility index (Phi) is 10.3. The molecule has 246 valence electrons. The van der Waals surface area contributed by atoms with Gasteiger partial charge in [-0.1, -0.05) is 23.2 Å². The predicted molar refractivity (Wildman–Crippen MR) is 158 cm³/mol. The van der Waals surface area contributed by atoms with E-state index in [2.05, 4.69) is 15.6 Å². The molecule has 46 heavy (non-hydrogen) atoms. The lowest BCUT2D eigenvalue weighted by Gasteiger charge is -2.38. The monoisotopic (exact) mass is 686 g/mol. The summed E-state index contributed by atoms with van der Waals surface area (Å²) in [4.78, 5) is 35.9. The molecule has 4 atom stereocenters. The van der Waals surface area contributed by atoms with Crippen molar-refractivity contribution < 1.29 is 36.1 Å². The molecule has 6 rings (SSSR count). The Labute approximate surface area is 268 Å². The number of hydrogen-bond donors (Lipinski definition) is 3. The van der Waals surface area contributed by atoms with Gasteiger partial charge in [-0.25, -0.2) is 22.4 Å². The van der Waals surface area contributed by atoms with E-state index in [1.165, 1.54) is 36.3 Å². The van der Waals surface area contributed by atoms with Crippen molar-refractivity contribution in [3.8, 4) is 0 Å². The molecular formula is C30H28Cl2F4N4O6. The highest BCUT2D eigenvalue weighted by Gasteiger charge is 2.36. The molecule has 2 saturated heterocycles.